The number of hydrogen-bond acceptors (Lipinski definition) is 5. The molecule has 0 radical (unpaired) electrons. The van der Waals surface area contributed by atoms with Crippen LogP contribution >= 0.6 is 0 Å². The maximum atomic E-state index is 11.6. The second-order valence-corrected chi connectivity index (χ2v) is 3.84. The molecule has 0 heterocycles. The second kappa shape index (κ2) is 8.26. The van der Waals surface area contributed by atoms with Gasteiger partial charge in [-0.3, -0.25) is 0 Å². The molecule has 0 saturated carbocycles. The average molecular weight is 266 g/mol. The molecular weight excluding hydrogens is 248 g/mol. The largest absolute Gasteiger partial charge is 0.462 e. The van der Waals surface area contributed by atoms with Crippen molar-refractivity contribution in [2.75, 3.05) is 26.9 Å². The molecule has 0 unspecified atom stereocenters. The van der Waals surface area contributed by atoms with Crippen LogP contribution in [-0.4, -0.2) is 38.9 Å². The molecule has 0 atom stereocenters. The van der Waals surface area contributed by atoms with E-state index in [1.807, 2.05) is 6.92 Å². The third-order valence-corrected chi connectivity index (χ3v) is 2.31. The lowest BCUT2D eigenvalue weighted by atomic mass is 10.1. The van der Waals surface area contributed by atoms with Crippen molar-refractivity contribution in [1.82, 2.24) is 0 Å². The Morgan fingerprint density at radius 3 is 1.79 bits per heavy atom. The van der Waals surface area contributed by atoms with Gasteiger partial charge in [-0.25, -0.2) is 9.59 Å². The van der Waals surface area contributed by atoms with E-state index in [2.05, 4.69) is 0 Å². The van der Waals surface area contributed by atoms with Crippen LogP contribution in [0.3, 0.4) is 0 Å². The van der Waals surface area contributed by atoms with Crippen LogP contribution in [0, 0.1) is 0 Å². The molecule has 0 aromatic heterocycles. The van der Waals surface area contributed by atoms with E-state index >= 15 is 0 Å². The summed E-state index contributed by atoms with van der Waals surface area (Å²) >= 11 is 0. The normalized spacial score (nSPS) is 10.0. The zero-order valence-electron chi connectivity index (χ0n) is 11.2. The number of ether oxygens (including phenoxy) is 3. The zero-order chi connectivity index (χ0) is 14.1. The number of carbonyl (C=O) groups is 2. The molecule has 0 aliphatic carbocycles. The fraction of sp³-hybridized carbons (Fsp3) is 0.429. The van der Waals surface area contributed by atoms with Crippen LogP contribution in [0.5, 0.6) is 0 Å². The van der Waals surface area contributed by atoms with Crippen LogP contribution < -0.4 is 0 Å². The van der Waals surface area contributed by atoms with Crippen molar-refractivity contribution in [3.05, 3.63) is 35.4 Å². The van der Waals surface area contributed by atoms with E-state index in [4.69, 9.17) is 14.2 Å². The number of benzene rings is 1. The summed E-state index contributed by atoms with van der Waals surface area (Å²) in [6.45, 7) is 2.87. The van der Waals surface area contributed by atoms with Gasteiger partial charge in [-0.15, -0.1) is 0 Å². The highest BCUT2D eigenvalue weighted by Gasteiger charge is 2.10. The lowest BCUT2D eigenvalue weighted by molar-refractivity contribution is 0.0386. The zero-order valence-corrected chi connectivity index (χ0v) is 11.2. The molecular formula is C14H18O5. The predicted molar refractivity (Wildman–Crippen MR) is 69.2 cm³/mol. The van der Waals surface area contributed by atoms with E-state index in [-0.39, 0.29) is 12.6 Å². The van der Waals surface area contributed by atoms with Crippen LogP contribution in [0.15, 0.2) is 24.3 Å². The molecule has 1 aromatic carbocycles. The smallest absolute Gasteiger partial charge is 0.338 e. The number of esters is 2. The molecule has 0 bridgehead atoms. The molecule has 0 spiro atoms. The first-order valence-corrected chi connectivity index (χ1v) is 6.12. The number of rotatable bonds is 7. The summed E-state index contributed by atoms with van der Waals surface area (Å²) in [4.78, 5) is 23.1. The Hall–Kier alpha value is -1.88. The second-order valence-electron chi connectivity index (χ2n) is 3.84. The van der Waals surface area contributed by atoms with Gasteiger partial charge < -0.3 is 14.2 Å². The van der Waals surface area contributed by atoms with Crippen molar-refractivity contribution in [2.24, 2.45) is 0 Å². The minimum Gasteiger partial charge on any atom is -0.462 e. The van der Waals surface area contributed by atoms with E-state index in [1.165, 1.54) is 19.2 Å². The van der Waals surface area contributed by atoms with Gasteiger partial charge in [0.1, 0.15) is 6.61 Å². The van der Waals surface area contributed by atoms with E-state index < -0.39 is 5.97 Å². The molecule has 104 valence electrons. The van der Waals surface area contributed by atoms with E-state index in [1.54, 1.807) is 12.1 Å². The molecule has 0 N–H and O–H groups in total. The molecule has 5 heteroatoms. The quantitative estimate of drug-likeness (QED) is 0.558. The van der Waals surface area contributed by atoms with Crippen LogP contribution in [0.25, 0.3) is 0 Å². The lowest BCUT2D eigenvalue weighted by Gasteiger charge is -2.05. The molecule has 0 fully saturated rings. The van der Waals surface area contributed by atoms with Crippen molar-refractivity contribution in [3.8, 4) is 0 Å². The summed E-state index contributed by atoms with van der Waals surface area (Å²) in [5.41, 5.74) is 0.810. The van der Waals surface area contributed by atoms with Crippen LogP contribution in [0.2, 0.25) is 0 Å². The Morgan fingerprint density at radius 1 is 0.895 bits per heavy atom. The van der Waals surface area contributed by atoms with E-state index in [0.717, 1.165) is 6.42 Å². The van der Waals surface area contributed by atoms with Crippen LogP contribution in [-0.2, 0) is 14.2 Å². The maximum absolute atomic E-state index is 11.6. The molecule has 0 saturated heterocycles. The Kier molecular flexibility index (Phi) is 6.60. The fourth-order valence-electron chi connectivity index (χ4n) is 1.32. The van der Waals surface area contributed by atoms with Crippen molar-refractivity contribution in [3.63, 3.8) is 0 Å². The Bertz CT molecular complexity index is 410. The number of hydrogen-bond donors (Lipinski definition) is 0. The summed E-state index contributed by atoms with van der Waals surface area (Å²) in [7, 11) is 1.53. The van der Waals surface area contributed by atoms with Gasteiger partial charge in [-0.05, 0) is 30.7 Å². The van der Waals surface area contributed by atoms with Crippen molar-refractivity contribution < 1.29 is 23.8 Å². The van der Waals surface area contributed by atoms with Gasteiger partial charge in [-0.1, -0.05) is 6.92 Å². The monoisotopic (exact) mass is 266 g/mol. The molecule has 0 aliphatic rings. The highest BCUT2D eigenvalue weighted by molar-refractivity contribution is 5.93. The first-order chi connectivity index (χ1) is 9.19. The molecule has 1 aromatic rings. The first-order valence-electron chi connectivity index (χ1n) is 6.12. The van der Waals surface area contributed by atoms with Gasteiger partial charge in [0.25, 0.3) is 0 Å². The highest BCUT2D eigenvalue weighted by Crippen LogP contribution is 2.07. The summed E-state index contributed by atoms with van der Waals surface area (Å²) in [6.07, 6.45) is 0.773. The van der Waals surface area contributed by atoms with E-state index in [0.29, 0.717) is 24.3 Å². The van der Waals surface area contributed by atoms with Gasteiger partial charge in [0.15, 0.2) is 0 Å². The Balaban J connectivity index is 2.55. The van der Waals surface area contributed by atoms with E-state index in [9.17, 15) is 9.59 Å². The topological polar surface area (TPSA) is 61.8 Å². The first kappa shape index (κ1) is 15.2. The van der Waals surface area contributed by atoms with Crippen LogP contribution in [0.4, 0.5) is 0 Å². The third kappa shape index (κ3) is 5.09. The Morgan fingerprint density at radius 2 is 1.37 bits per heavy atom. The standard InChI is InChI=1S/C14H18O5/c1-3-8-18-13(15)11-4-6-12(7-5-11)14(16)19-10-9-17-2/h4-7H,3,8-10H2,1-2H3. The van der Waals surface area contributed by atoms with Gasteiger partial charge in [0.2, 0.25) is 0 Å². The predicted octanol–water partition coefficient (Wildman–Crippen LogP) is 2.06. The molecule has 0 amide bonds. The highest BCUT2D eigenvalue weighted by atomic mass is 16.6. The Labute approximate surface area is 112 Å². The maximum Gasteiger partial charge on any atom is 0.338 e. The van der Waals surface area contributed by atoms with Crippen molar-refractivity contribution >= 4 is 11.9 Å². The summed E-state index contributed by atoms with van der Waals surface area (Å²) in [6, 6.07) is 6.17. The van der Waals surface area contributed by atoms with Gasteiger partial charge in [0, 0.05) is 7.11 Å². The SMILES string of the molecule is CCCOC(=O)c1ccc(C(=O)OCCOC)cc1. The van der Waals surface area contributed by atoms with Gasteiger partial charge in [-0.2, -0.15) is 0 Å². The lowest BCUT2D eigenvalue weighted by Crippen LogP contribution is -2.10. The number of methoxy groups -OCH3 is 1. The minimum absolute atomic E-state index is 0.204. The van der Waals surface area contributed by atoms with Crippen molar-refractivity contribution in [2.45, 2.75) is 13.3 Å². The van der Waals surface area contributed by atoms with Crippen molar-refractivity contribution in [1.29, 1.82) is 0 Å². The average Bonchev–Trinajstić information content (AvgIpc) is 2.45. The summed E-state index contributed by atoms with van der Waals surface area (Å²) < 4.78 is 14.7. The summed E-state index contributed by atoms with van der Waals surface area (Å²) in [5, 5.41) is 0. The fourth-order valence-corrected chi connectivity index (χ4v) is 1.32. The van der Waals surface area contributed by atoms with Gasteiger partial charge in [0.05, 0.1) is 24.3 Å². The summed E-state index contributed by atoms with van der Waals surface area (Å²) in [5.74, 6) is -0.827. The molecule has 5 nitrogen and oxygen atoms in total. The molecule has 0 aliphatic heterocycles. The van der Waals surface area contributed by atoms with Gasteiger partial charge >= 0.3 is 11.9 Å². The molecule has 19 heavy (non-hydrogen) atoms. The van der Waals surface area contributed by atoms with Crippen LogP contribution in [0.1, 0.15) is 34.1 Å². The number of carbonyl (C=O) groups excluding carboxylic acids is 2. The minimum atomic E-state index is -0.439. The third-order valence-electron chi connectivity index (χ3n) is 2.31. The molecule has 1 rings (SSSR count).